The van der Waals surface area contributed by atoms with Crippen molar-refractivity contribution in [2.75, 3.05) is 5.32 Å². The Balaban J connectivity index is 2.25. The molecule has 2 heterocycles. The fraction of sp³-hybridized carbons (Fsp3) is 0.583. The number of nitrogens with zero attached hydrogens (tertiary/aromatic N) is 4. The molecule has 2 aromatic heterocycles. The fourth-order valence-electron chi connectivity index (χ4n) is 3.71. The number of hydrogen-bond donors (Lipinski definition) is 1. The molecule has 0 aliphatic heterocycles. The first-order chi connectivity index (χ1) is 14.6. The van der Waals surface area contributed by atoms with Crippen molar-refractivity contribution in [3.8, 4) is 6.07 Å². The van der Waals surface area contributed by atoms with Gasteiger partial charge in [-0.15, -0.1) is 0 Å². The number of pyridine rings is 1. The van der Waals surface area contributed by atoms with Crippen LogP contribution in [0.4, 0.5) is 11.6 Å². The van der Waals surface area contributed by atoms with Crippen LogP contribution in [0.25, 0.3) is 0 Å². The molecule has 0 unspecified atom stereocenters. The molecule has 0 bridgehead atoms. The Morgan fingerprint density at radius 1 is 1.03 bits per heavy atom. The monoisotopic (exact) mass is 513 g/mol. The molecule has 160 valence electrons. The molecular formula is C24H35N5Sn. The van der Waals surface area contributed by atoms with Gasteiger partial charge in [0.15, 0.2) is 0 Å². The Labute approximate surface area is 192 Å². The molecule has 0 saturated heterocycles. The van der Waals surface area contributed by atoms with Crippen molar-refractivity contribution in [3.63, 3.8) is 0 Å². The minimum absolute atomic E-state index is 0.495. The summed E-state index contributed by atoms with van der Waals surface area (Å²) in [5.41, 5.74) is 2.17. The quantitative estimate of drug-likeness (QED) is 0.341. The van der Waals surface area contributed by atoms with Crippen LogP contribution < -0.4 is 9.03 Å². The average molecular weight is 512 g/mol. The zero-order valence-electron chi connectivity index (χ0n) is 19.0. The molecule has 0 fully saturated rings. The molecule has 0 spiro atoms. The number of anilines is 2. The summed E-state index contributed by atoms with van der Waals surface area (Å²) in [5.74, 6) is 0.615. The number of hydrogen-bond acceptors (Lipinski definition) is 5. The molecule has 1 N–H and O–H groups in total. The second kappa shape index (κ2) is 12.9. The first-order valence-electron chi connectivity index (χ1n) is 11.3. The molecule has 0 aliphatic carbocycles. The SMILES string of the molecule is CCCC[C](CCCC)(CCCC)[Sn][c]1ccnc(Nc2cc(C#N)cnc2C)n1. The van der Waals surface area contributed by atoms with Gasteiger partial charge < -0.3 is 0 Å². The van der Waals surface area contributed by atoms with Crippen LogP contribution in [0, 0.1) is 18.3 Å². The van der Waals surface area contributed by atoms with Crippen molar-refractivity contribution >= 4 is 36.5 Å². The van der Waals surface area contributed by atoms with Crippen LogP contribution in [0.1, 0.15) is 89.8 Å². The van der Waals surface area contributed by atoms with E-state index in [1.165, 1.54) is 61.5 Å². The normalized spacial score (nSPS) is 11.3. The zero-order valence-corrected chi connectivity index (χ0v) is 21.8. The third-order valence-corrected chi connectivity index (χ3v) is 10.7. The van der Waals surface area contributed by atoms with Gasteiger partial charge in [0, 0.05) is 0 Å². The average Bonchev–Trinajstić information content (AvgIpc) is 2.76. The van der Waals surface area contributed by atoms with Crippen molar-refractivity contribution in [1.82, 2.24) is 15.0 Å². The van der Waals surface area contributed by atoms with Crippen LogP contribution in [0.5, 0.6) is 0 Å². The summed E-state index contributed by atoms with van der Waals surface area (Å²) in [6, 6.07) is 6.09. The van der Waals surface area contributed by atoms with Crippen LogP contribution in [0.2, 0.25) is 3.43 Å². The zero-order chi connectivity index (χ0) is 21.8. The van der Waals surface area contributed by atoms with E-state index in [1.54, 1.807) is 6.20 Å². The van der Waals surface area contributed by atoms with Gasteiger partial charge in [0.05, 0.1) is 0 Å². The fourth-order valence-corrected chi connectivity index (χ4v) is 8.76. The van der Waals surface area contributed by atoms with Gasteiger partial charge in [0.2, 0.25) is 0 Å². The number of nitriles is 1. The van der Waals surface area contributed by atoms with Crippen molar-refractivity contribution in [2.45, 2.75) is 88.9 Å². The van der Waals surface area contributed by atoms with Gasteiger partial charge in [0.1, 0.15) is 0 Å². The number of rotatable bonds is 13. The Kier molecular flexibility index (Phi) is 10.6. The van der Waals surface area contributed by atoms with Gasteiger partial charge >= 0.3 is 193 Å². The topological polar surface area (TPSA) is 74.5 Å². The van der Waals surface area contributed by atoms with Crippen LogP contribution in [-0.2, 0) is 0 Å². The number of aromatic nitrogens is 3. The summed E-state index contributed by atoms with van der Waals surface area (Å²) in [6.45, 7) is 8.82. The predicted octanol–water partition coefficient (Wildman–Crippen LogP) is 5.85. The van der Waals surface area contributed by atoms with Gasteiger partial charge in [0.25, 0.3) is 0 Å². The Morgan fingerprint density at radius 3 is 2.23 bits per heavy atom. The summed E-state index contributed by atoms with van der Waals surface area (Å²) in [5, 5.41) is 12.5. The maximum absolute atomic E-state index is 9.16. The molecule has 2 rings (SSSR count). The molecular weight excluding hydrogens is 477 g/mol. The molecule has 30 heavy (non-hydrogen) atoms. The van der Waals surface area contributed by atoms with E-state index in [9.17, 15) is 0 Å². The van der Waals surface area contributed by atoms with Crippen molar-refractivity contribution in [1.29, 1.82) is 5.26 Å². The number of unbranched alkanes of at least 4 members (excludes halogenated alkanes) is 3. The second-order valence-electron chi connectivity index (χ2n) is 8.08. The van der Waals surface area contributed by atoms with Crippen molar-refractivity contribution < 1.29 is 0 Å². The van der Waals surface area contributed by atoms with Crippen LogP contribution in [-0.4, -0.2) is 36.1 Å². The molecule has 5 nitrogen and oxygen atoms in total. The summed E-state index contributed by atoms with van der Waals surface area (Å²) in [4.78, 5) is 13.7. The van der Waals surface area contributed by atoms with Gasteiger partial charge in [-0.1, -0.05) is 0 Å². The van der Waals surface area contributed by atoms with E-state index in [1.807, 2.05) is 19.2 Å². The molecule has 6 heteroatoms. The van der Waals surface area contributed by atoms with E-state index in [0.29, 0.717) is 14.9 Å². The van der Waals surface area contributed by atoms with E-state index in [4.69, 9.17) is 10.2 Å². The molecule has 0 amide bonds. The summed E-state index contributed by atoms with van der Waals surface area (Å²) < 4.78 is 1.76. The second-order valence-corrected chi connectivity index (χ2v) is 13.3. The predicted molar refractivity (Wildman–Crippen MR) is 126 cm³/mol. The molecule has 2 aromatic rings. The van der Waals surface area contributed by atoms with Crippen molar-refractivity contribution in [3.05, 3.63) is 35.8 Å². The maximum atomic E-state index is 9.16. The molecule has 0 saturated carbocycles. The summed E-state index contributed by atoms with van der Waals surface area (Å²) in [7, 11) is 0. The Hall–Kier alpha value is -1.68. The van der Waals surface area contributed by atoms with Crippen LogP contribution in [0.3, 0.4) is 0 Å². The van der Waals surface area contributed by atoms with Gasteiger partial charge in [-0.05, 0) is 0 Å². The number of nitrogens with one attached hydrogen (secondary N) is 1. The van der Waals surface area contributed by atoms with E-state index < -0.39 is 21.1 Å². The first kappa shape index (κ1) is 24.6. The summed E-state index contributed by atoms with van der Waals surface area (Å²) >= 11 is -0.905. The summed E-state index contributed by atoms with van der Waals surface area (Å²) in [6.07, 6.45) is 15.2. The van der Waals surface area contributed by atoms with Gasteiger partial charge in [-0.25, -0.2) is 0 Å². The van der Waals surface area contributed by atoms with Crippen LogP contribution in [0.15, 0.2) is 24.5 Å². The van der Waals surface area contributed by atoms with Crippen LogP contribution >= 0.6 is 0 Å². The van der Waals surface area contributed by atoms with E-state index >= 15 is 0 Å². The third-order valence-electron chi connectivity index (χ3n) is 5.54. The van der Waals surface area contributed by atoms with Crippen molar-refractivity contribution in [2.24, 2.45) is 0 Å². The standard InChI is InChI=1S/C13H27.C11H8N5.Sn/c1-4-7-10-13(11-8-5-2)12-9-6-3;1-8-10(5-9(6-12)7-15-8)16-11-13-3-2-4-14-11;/h4-12H2,1-3H3;2-3,5,7H,1H3,(H,13,14,16);. The Morgan fingerprint density at radius 2 is 1.67 bits per heavy atom. The minimum atomic E-state index is -0.905. The third kappa shape index (κ3) is 7.53. The molecule has 0 aromatic carbocycles. The van der Waals surface area contributed by atoms with E-state index in [-0.39, 0.29) is 0 Å². The molecule has 2 radical (unpaired) electrons. The van der Waals surface area contributed by atoms with E-state index in [2.05, 4.69) is 48.2 Å². The van der Waals surface area contributed by atoms with Gasteiger partial charge in [-0.3, -0.25) is 0 Å². The molecule has 0 atom stereocenters. The molecule has 0 aliphatic rings. The van der Waals surface area contributed by atoms with Gasteiger partial charge in [-0.2, -0.15) is 0 Å². The number of aryl methyl sites for hydroxylation is 1. The van der Waals surface area contributed by atoms with E-state index in [0.717, 1.165) is 11.4 Å². The first-order valence-corrected chi connectivity index (χ1v) is 14.2. The Bertz CT molecular complexity index is 809.